The van der Waals surface area contributed by atoms with E-state index in [1.807, 2.05) is 24.4 Å². The molecule has 20 heavy (non-hydrogen) atoms. The first-order valence-corrected chi connectivity index (χ1v) is 7.46. The minimum Gasteiger partial charge on any atom is -0.367 e. The van der Waals surface area contributed by atoms with Crippen LogP contribution in [0.4, 0.5) is 5.88 Å². The molecule has 0 saturated heterocycles. The average molecular weight is 325 g/mol. The summed E-state index contributed by atoms with van der Waals surface area (Å²) in [6, 6.07) is 7.36. The first-order chi connectivity index (χ1) is 9.58. The number of nitrogen functional groups attached to an aromatic ring is 1. The zero-order valence-corrected chi connectivity index (χ0v) is 12.8. The van der Waals surface area contributed by atoms with Gasteiger partial charge in [0.15, 0.2) is 0 Å². The molecule has 3 rings (SSSR count). The van der Waals surface area contributed by atoms with Gasteiger partial charge in [0, 0.05) is 5.02 Å². The number of nitrogens with two attached hydrogens (primary N) is 1. The molecule has 1 aromatic carbocycles. The third-order valence-corrected chi connectivity index (χ3v) is 4.92. The van der Waals surface area contributed by atoms with Crippen molar-refractivity contribution in [1.29, 1.82) is 0 Å². The van der Waals surface area contributed by atoms with Crippen LogP contribution in [0.3, 0.4) is 0 Å². The van der Waals surface area contributed by atoms with Crippen LogP contribution in [0.5, 0.6) is 0 Å². The fraction of sp³-hybridized carbons (Fsp3) is 0.0714. The van der Waals surface area contributed by atoms with E-state index < -0.39 is 0 Å². The Labute approximate surface area is 129 Å². The van der Waals surface area contributed by atoms with Crippen LogP contribution in [-0.4, -0.2) is 5.16 Å². The molecule has 2 heterocycles. The summed E-state index contributed by atoms with van der Waals surface area (Å²) in [5.74, 6) is 0.268. The Morgan fingerprint density at radius 1 is 1.20 bits per heavy atom. The van der Waals surface area contributed by atoms with Crippen LogP contribution in [-0.2, 0) is 0 Å². The van der Waals surface area contributed by atoms with E-state index in [9.17, 15) is 0 Å². The van der Waals surface area contributed by atoms with Crippen molar-refractivity contribution in [2.24, 2.45) is 0 Å². The number of thiophene rings is 1. The lowest BCUT2D eigenvalue weighted by Gasteiger charge is -2.02. The number of hydrogen-bond donors (Lipinski definition) is 1. The van der Waals surface area contributed by atoms with Gasteiger partial charge in [-0.3, -0.25) is 0 Å². The first-order valence-electron chi connectivity index (χ1n) is 5.83. The zero-order chi connectivity index (χ0) is 14.3. The molecule has 2 aromatic heterocycles. The molecular weight excluding hydrogens is 315 g/mol. The predicted octanol–water partition coefficient (Wildman–Crippen LogP) is 5.27. The number of rotatable bonds is 2. The van der Waals surface area contributed by atoms with Gasteiger partial charge in [-0.25, -0.2) is 0 Å². The Morgan fingerprint density at radius 2 is 1.90 bits per heavy atom. The van der Waals surface area contributed by atoms with E-state index in [0.29, 0.717) is 15.7 Å². The molecule has 0 aliphatic heterocycles. The van der Waals surface area contributed by atoms with Gasteiger partial charge in [0.05, 0.1) is 15.5 Å². The molecule has 0 bridgehead atoms. The largest absolute Gasteiger partial charge is 0.367 e. The Balaban J connectivity index is 2.19. The van der Waals surface area contributed by atoms with Crippen molar-refractivity contribution in [3.63, 3.8) is 0 Å². The third kappa shape index (κ3) is 2.20. The van der Waals surface area contributed by atoms with Crippen LogP contribution in [0.15, 0.2) is 34.2 Å². The van der Waals surface area contributed by atoms with Crippen LogP contribution in [0, 0.1) is 6.92 Å². The summed E-state index contributed by atoms with van der Waals surface area (Å²) < 4.78 is 5.14. The van der Waals surface area contributed by atoms with Gasteiger partial charge in [0.2, 0.25) is 5.88 Å². The summed E-state index contributed by atoms with van der Waals surface area (Å²) in [4.78, 5) is 0.856. The summed E-state index contributed by atoms with van der Waals surface area (Å²) in [7, 11) is 0. The number of anilines is 1. The van der Waals surface area contributed by atoms with E-state index in [4.69, 9.17) is 33.5 Å². The molecule has 3 aromatic rings. The highest BCUT2D eigenvalue weighted by Crippen LogP contribution is 2.43. The molecule has 2 N–H and O–H groups in total. The lowest BCUT2D eigenvalue weighted by Crippen LogP contribution is -1.87. The van der Waals surface area contributed by atoms with Crippen molar-refractivity contribution in [3.8, 4) is 21.7 Å². The molecule has 0 fully saturated rings. The molecule has 0 atom stereocenters. The summed E-state index contributed by atoms with van der Waals surface area (Å²) >= 11 is 13.7. The van der Waals surface area contributed by atoms with Gasteiger partial charge in [-0.05, 0) is 35.6 Å². The topological polar surface area (TPSA) is 52.0 Å². The molecule has 0 saturated carbocycles. The van der Waals surface area contributed by atoms with Gasteiger partial charge in [-0.15, -0.1) is 11.3 Å². The van der Waals surface area contributed by atoms with E-state index >= 15 is 0 Å². The molecule has 3 nitrogen and oxygen atoms in total. The molecule has 0 radical (unpaired) electrons. The lowest BCUT2D eigenvalue weighted by molar-refractivity contribution is 0.439. The third-order valence-electron chi connectivity index (χ3n) is 2.97. The Kier molecular flexibility index (Phi) is 3.46. The summed E-state index contributed by atoms with van der Waals surface area (Å²) in [6.07, 6.45) is 0. The van der Waals surface area contributed by atoms with E-state index in [0.717, 1.165) is 21.6 Å². The molecular formula is C14H10Cl2N2OS. The van der Waals surface area contributed by atoms with Gasteiger partial charge >= 0.3 is 0 Å². The Morgan fingerprint density at radius 3 is 2.50 bits per heavy atom. The smallest absolute Gasteiger partial charge is 0.230 e. The number of aromatic nitrogens is 1. The molecule has 0 aliphatic rings. The van der Waals surface area contributed by atoms with E-state index in [1.54, 1.807) is 12.1 Å². The van der Waals surface area contributed by atoms with Crippen LogP contribution in [0.2, 0.25) is 10.0 Å². The number of hydrogen-bond acceptors (Lipinski definition) is 4. The first kappa shape index (κ1) is 13.5. The summed E-state index contributed by atoms with van der Waals surface area (Å²) in [5, 5.41) is 7.37. The number of aryl methyl sites for hydroxylation is 1. The molecule has 0 amide bonds. The SMILES string of the molecule is Cc1csc(-c2noc(N)c2-c2ccc(Cl)cc2)c1Cl. The minimum absolute atomic E-state index is 0.268. The molecule has 0 unspecified atom stereocenters. The van der Waals surface area contributed by atoms with Crippen molar-refractivity contribution in [1.82, 2.24) is 5.16 Å². The van der Waals surface area contributed by atoms with Crippen LogP contribution >= 0.6 is 34.5 Å². The highest BCUT2D eigenvalue weighted by molar-refractivity contribution is 7.14. The Bertz CT molecular complexity index is 762. The van der Waals surface area contributed by atoms with Gasteiger partial charge in [-0.2, -0.15) is 0 Å². The summed E-state index contributed by atoms with van der Waals surface area (Å²) in [6.45, 7) is 1.95. The summed E-state index contributed by atoms with van der Waals surface area (Å²) in [5.41, 5.74) is 9.21. The fourth-order valence-electron chi connectivity index (χ4n) is 1.94. The lowest BCUT2D eigenvalue weighted by atomic mass is 10.0. The van der Waals surface area contributed by atoms with Gasteiger partial charge < -0.3 is 10.3 Å². The van der Waals surface area contributed by atoms with Gasteiger partial charge in [-0.1, -0.05) is 40.5 Å². The molecule has 102 valence electrons. The predicted molar refractivity (Wildman–Crippen MR) is 84.4 cm³/mol. The maximum Gasteiger partial charge on any atom is 0.230 e. The van der Waals surface area contributed by atoms with Crippen molar-refractivity contribution in [2.75, 3.05) is 5.73 Å². The fourth-order valence-corrected chi connectivity index (χ4v) is 3.34. The van der Waals surface area contributed by atoms with Crippen molar-refractivity contribution < 1.29 is 4.52 Å². The number of benzene rings is 1. The van der Waals surface area contributed by atoms with Crippen molar-refractivity contribution in [2.45, 2.75) is 6.92 Å². The molecule has 6 heteroatoms. The van der Waals surface area contributed by atoms with Crippen LogP contribution in [0.25, 0.3) is 21.7 Å². The molecule has 0 spiro atoms. The zero-order valence-electron chi connectivity index (χ0n) is 10.5. The number of halogens is 2. The number of nitrogens with zero attached hydrogens (tertiary/aromatic N) is 1. The van der Waals surface area contributed by atoms with Crippen LogP contribution < -0.4 is 5.73 Å². The second-order valence-corrected chi connectivity index (χ2v) is 6.03. The van der Waals surface area contributed by atoms with Crippen LogP contribution in [0.1, 0.15) is 5.56 Å². The van der Waals surface area contributed by atoms with Crippen molar-refractivity contribution in [3.05, 3.63) is 45.3 Å². The maximum absolute atomic E-state index is 6.30. The highest BCUT2D eigenvalue weighted by atomic mass is 35.5. The normalized spacial score (nSPS) is 10.9. The van der Waals surface area contributed by atoms with Gasteiger partial charge in [0.25, 0.3) is 0 Å². The minimum atomic E-state index is 0.268. The van der Waals surface area contributed by atoms with Crippen molar-refractivity contribution >= 4 is 40.4 Å². The van der Waals surface area contributed by atoms with E-state index in [1.165, 1.54) is 11.3 Å². The molecule has 0 aliphatic carbocycles. The maximum atomic E-state index is 6.30. The quantitative estimate of drug-likeness (QED) is 0.698. The second-order valence-electron chi connectivity index (χ2n) is 4.34. The van der Waals surface area contributed by atoms with Gasteiger partial charge in [0.1, 0.15) is 5.69 Å². The standard InChI is InChI=1S/C14H10Cl2N2OS/c1-7-6-20-13(11(7)16)12-10(14(17)19-18-12)8-2-4-9(15)5-3-8/h2-6H,17H2,1H3. The second kappa shape index (κ2) is 5.13. The Hall–Kier alpha value is -1.49. The van der Waals surface area contributed by atoms with E-state index in [2.05, 4.69) is 5.16 Å². The highest BCUT2D eigenvalue weighted by Gasteiger charge is 2.21. The monoisotopic (exact) mass is 324 g/mol. The van der Waals surface area contributed by atoms with E-state index in [-0.39, 0.29) is 5.88 Å². The average Bonchev–Trinajstić information content (AvgIpc) is 2.96.